The van der Waals surface area contributed by atoms with Crippen LogP contribution < -0.4 is 24.4 Å². The van der Waals surface area contributed by atoms with E-state index in [0.29, 0.717) is 11.6 Å². The fourth-order valence-electron chi connectivity index (χ4n) is 4.08. The number of benzene rings is 2. The second-order valence-corrected chi connectivity index (χ2v) is 10.5. The molecule has 2 aromatic carbocycles. The van der Waals surface area contributed by atoms with Gasteiger partial charge in [-0.1, -0.05) is 6.07 Å². The van der Waals surface area contributed by atoms with E-state index in [2.05, 4.69) is 29.9 Å². The van der Waals surface area contributed by atoms with Crippen molar-refractivity contribution in [2.75, 3.05) is 47.6 Å². The van der Waals surface area contributed by atoms with Gasteiger partial charge in [0.05, 0.1) is 18.3 Å². The molecule has 2 aromatic heterocycles. The number of rotatable bonds is 7. The van der Waals surface area contributed by atoms with E-state index in [4.69, 9.17) is 14.6 Å². The van der Waals surface area contributed by atoms with E-state index < -0.39 is 39.7 Å². The number of methoxy groups -OCH3 is 1. The summed E-state index contributed by atoms with van der Waals surface area (Å²) in [6.07, 6.45) is -1.99. The number of anilines is 3. The molecule has 0 spiro atoms. The smallest absolute Gasteiger partial charge is 0.479 e. The number of carboxylic acids is 1. The van der Waals surface area contributed by atoms with Gasteiger partial charge >= 0.3 is 22.4 Å². The average molecular weight is 642 g/mol. The SMILES string of the molecule is COc1ncc(-c2ccc3ncnc(N4CCNCC4)c3c2)cc1NS(=O)(=O)Nc1ccc(F)cc1F.O=C(O)C(F)(F)F. The van der Waals surface area contributed by atoms with Crippen molar-refractivity contribution < 1.29 is 45.0 Å². The highest BCUT2D eigenvalue weighted by Crippen LogP contribution is 2.33. The Balaban J connectivity index is 0.000000566. The van der Waals surface area contributed by atoms with Gasteiger partial charge < -0.3 is 20.1 Å². The quantitative estimate of drug-likeness (QED) is 0.219. The molecule has 44 heavy (non-hydrogen) atoms. The number of carboxylic acid groups (broad SMARTS) is 1. The van der Waals surface area contributed by atoms with Crippen LogP contribution in [0.5, 0.6) is 5.88 Å². The number of nitrogens with zero attached hydrogens (tertiary/aromatic N) is 4. The minimum Gasteiger partial charge on any atom is -0.479 e. The third-order valence-corrected chi connectivity index (χ3v) is 7.05. The summed E-state index contributed by atoms with van der Waals surface area (Å²) in [5, 5.41) is 11.3. The number of nitrogens with one attached hydrogen (secondary N) is 3. The summed E-state index contributed by atoms with van der Waals surface area (Å²) < 4.78 is 93.9. The second-order valence-electron chi connectivity index (χ2n) is 9.08. The van der Waals surface area contributed by atoms with Crippen LogP contribution >= 0.6 is 0 Å². The van der Waals surface area contributed by atoms with Gasteiger partial charge in [0, 0.05) is 49.4 Å². The van der Waals surface area contributed by atoms with Gasteiger partial charge in [0.25, 0.3) is 0 Å². The maximum absolute atomic E-state index is 14.0. The van der Waals surface area contributed by atoms with E-state index in [1.807, 2.05) is 22.9 Å². The second kappa shape index (κ2) is 13.2. The molecule has 1 aliphatic heterocycles. The zero-order valence-corrected chi connectivity index (χ0v) is 23.5. The standard InChI is InChI=1S/C24H23F2N7O3S.C2HF3O2/c1-36-24-22(32-37(34,35)31-21-5-3-17(25)12-19(21)26)11-16(13-28-24)15-2-4-20-18(10-15)23(30-14-29-20)33-8-6-27-7-9-33;3-2(4,5)1(6)7/h2-5,10-14,27,31-32H,6-9H2,1H3;(H,6,7). The molecule has 0 unspecified atom stereocenters. The first-order valence-corrected chi connectivity index (χ1v) is 14.1. The van der Waals surface area contributed by atoms with Gasteiger partial charge in [-0.25, -0.2) is 28.5 Å². The normalized spacial score (nSPS) is 13.5. The van der Waals surface area contributed by atoms with E-state index in [0.717, 1.165) is 60.6 Å². The Hall–Kier alpha value is -4.84. The molecule has 0 atom stereocenters. The van der Waals surface area contributed by atoms with Crippen molar-refractivity contribution in [2.45, 2.75) is 6.18 Å². The van der Waals surface area contributed by atoms with Crippen molar-refractivity contribution in [2.24, 2.45) is 0 Å². The van der Waals surface area contributed by atoms with E-state index in [1.165, 1.54) is 13.4 Å². The van der Waals surface area contributed by atoms with Gasteiger partial charge in [-0.15, -0.1) is 0 Å². The number of hydrogen-bond acceptors (Lipinski definition) is 9. The molecule has 18 heteroatoms. The highest BCUT2D eigenvalue weighted by molar-refractivity contribution is 7.94. The summed E-state index contributed by atoms with van der Waals surface area (Å²) in [7, 11) is -2.98. The van der Waals surface area contributed by atoms with Crippen LogP contribution in [-0.2, 0) is 15.0 Å². The number of hydrogen-bond donors (Lipinski definition) is 4. The van der Waals surface area contributed by atoms with Crippen molar-refractivity contribution in [1.29, 1.82) is 0 Å². The summed E-state index contributed by atoms with van der Waals surface area (Å²) in [6.45, 7) is 3.34. The van der Waals surface area contributed by atoms with Crippen molar-refractivity contribution >= 4 is 44.3 Å². The summed E-state index contributed by atoms with van der Waals surface area (Å²) >= 11 is 0. The number of aliphatic carboxylic acids is 1. The van der Waals surface area contributed by atoms with Gasteiger partial charge in [-0.2, -0.15) is 21.6 Å². The van der Waals surface area contributed by atoms with Crippen LogP contribution in [-0.4, -0.2) is 73.9 Å². The van der Waals surface area contributed by atoms with E-state index in [9.17, 15) is 30.4 Å². The molecule has 0 radical (unpaired) electrons. The Morgan fingerprint density at radius 3 is 2.30 bits per heavy atom. The third kappa shape index (κ3) is 7.95. The minimum atomic E-state index is -5.08. The van der Waals surface area contributed by atoms with Crippen LogP contribution in [0, 0.1) is 11.6 Å². The summed E-state index contributed by atoms with van der Waals surface area (Å²) in [6, 6.07) is 9.72. The molecule has 1 saturated heterocycles. The first-order chi connectivity index (χ1) is 20.8. The fourth-order valence-corrected chi connectivity index (χ4v) is 5.03. The lowest BCUT2D eigenvalue weighted by Crippen LogP contribution is -2.44. The lowest BCUT2D eigenvalue weighted by atomic mass is 10.0. The van der Waals surface area contributed by atoms with Crippen molar-refractivity contribution in [3.8, 4) is 17.0 Å². The predicted molar refractivity (Wildman–Crippen MR) is 151 cm³/mol. The molecule has 12 nitrogen and oxygen atoms in total. The number of fused-ring (bicyclic) bond motifs is 1. The highest BCUT2D eigenvalue weighted by atomic mass is 32.2. The molecule has 5 rings (SSSR count). The molecule has 4 N–H and O–H groups in total. The van der Waals surface area contributed by atoms with Gasteiger partial charge in [0.2, 0.25) is 5.88 Å². The van der Waals surface area contributed by atoms with E-state index in [1.54, 1.807) is 12.3 Å². The first-order valence-electron chi connectivity index (χ1n) is 12.6. The molecule has 234 valence electrons. The van der Waals surface area contributed by atoms with Gasteiger partial charge in [0.1, 0.15) is 29.5 Å². The van der Waals surface area contributed by atoms with Crippen LogP contribution in [0.1, 0.15) is 0 Å². The lowest BCUT2D eigenvalue weighted by Gasteiger charge is -2.29. The van der Waals surface area contributed by atoms with Crippen LogP contribution in [0.2, 0.25) is 0 Å². The van der Waals surface area contributed by atoms with Crippen LogP contribution in [0.3, 0.4) is 0 Å². The van der Waals surface area contributed by atoms with Crippen molar-refractivity contribution in [3.63, 3.8) is 0 Å². The van der Waals surface area contributed by atoms with Crippen LogP contribution in [0.25, 0.3) is 22.0 Å². The Labute approximate surface area is 247 Å². The molecular formula is C26H24F5N7O5S. The number of halogens is 5. The number of aromatic nitrogens is 3. The fraction of sp³-hybridized carbons (Fsp3) is 0.231. The molecule has 0 bridgehead atoms. The molecule has 0 saturated carbocycles. The summed E-state index contributed by atoms with van der Waals surface area (Å²) in [5.41, 5.74) is 1.75. The number of alkyl halides is 3. The predicted octanol–water partition coefficient (Wildman–Crippen LogP) is 3.79. The molecule has 3 heterocycles. The zero-order chi connectivity index (χ0) is 32.1. The Kier molecular flexibility index (Phi) is 9.63. The lowest BCUT2D eigenvalue weighted by molar-refractivity contribution is -0.192. The molecular weight excluding hydrogens is 617 g/mol. The third-order valence-electron chi connectivity index (χ3n) is 6.07. The topological polar surface area (TPSA) is 159 Å². The number of ether oxygens (including phenoxy) is 1. The van der Waals surface area contributed by atoms with Crippen molar-refractivity contribution in [1.82, 2.24) is 20.3 Å². The highest BCUT2D eigenvalue weighted by Gasteiger charge is 2.38. The molecule has 1 aliphatic rings. The molecule has 1 fully saturated rings. The average Bonchev–Trinajstić information content (AvgIpc) is 2.98. The summed E-state index contributed by atoms with van der Waals surface area (Å²) in [4.78, 5) is 24.2. The van der Waals surface area contributed by atoms with Gasteiger partial charge in [-0.3, -0.25) is 9.44 Å². The maximum atomic E-state index is 14.0. The van der Waals surface area contributed by atoms with Gasteiger partial charge in [-0.05, 0) is 35.9 Å². The van der Waals surface area contributed by atoms with Gasteiger partial charge in [0.15, 0.2) is 0 Å². The summed E-state index contributed by atoms with van der Waals surface area (Å²) in [5.74, 6) is -3.80. The molecule has 0 amide bonds. The Bertz CT molecular complexity index is 1770. The molecule has 0 aliphatic carbocycles. The number of carbonyl (C=O) groups is 1. The first kappa shape index (κ1) is 32.1. The Morgan fingerprint density at radius 2 is 1.66 bits per heavy atom. The van der Waals surface area contributed by atoms with E-state index in [-0.39, 0.29) is 11.6 Å². The monoisotopic (exact) mass is 641 g/mol. The number of pyridine rings is 1. The maximum Gasteiger partial charge on any atom is 0.490 e. The molecule has 4 aromatic rings. The van der Waals surface area contributed by atoms with Crippen molar-refractivity contribution in [3.05, 3.63) is 66.6 Å². The number of piperazine rings is 1. The van der Waals surface area contributed by atoms with E-state index >= 15 is 0 Å². The van der Waals surface area contributed by atoms with Crippen LogP contribution in [0.4, 0.5) is 39.1 Å². The Morgan fingerprint density at radius 1 is 0.977 bits per heavy atom. The largest absolute Gasteiger partial charge is 0.490 e. The minimum absolute atomic E-state index is 0.0133. The van der Waals surface area contributed by atoms with Crippen LogP contribution in [0.15, 0.2) is 55.0 Å². The zero-order valence-electron chi connectivity index (χ0n) is 22.7.